The first kappa shape index (κ1) is 31.2. The molecule has 2 aromatic carbocycles. The highest BCUT2D eigenvalue weighted by Gasteiger charge is 2.35. The SMILES string of the molecule is CC(F)C(=O)N1CCN(c2nc(OCCN(C)C3CCC3)nc3c2CCN(c2cccc4ccc(F)c(Cl)c24)C3)CC1CC#N. The average molecular weight is 638 g/mol. The van der Waals surface area contributed by atoms with Crippen LogP contribution in [0.2, 0.25) is 5.02 Å². The first-order valence-corrected chi connectivity index (χ1v) is 16.0. The zero-order valence-corrected chi connectivity index (χ0v) is 26.4. The number of rotatable bonds is 9. The van der Waals surface area contributed by atoms with Crippen LogP contribution in [0.15, 0.2) is 30.3 Å². The number of hydrogen-bond donors (Lipinski definition) is 0. The maximum absolute atomic E-state index is 14.5. The summed E-state index contributed by atoms with van der Waals surface area (Å²) < 4.78 is 34.7. The van der Waals surface area contributed by atoms with E-state index in [-0.39, 0.29) is 24.0 Å². The number of carbonyl (C=O) groups excluding carboxylic acids is 1. The quantitative estimate of drug-likeness (QED) is 0.319. The summed E-state index contributed by atoms with van der Waals surface area (Å²) in [6, 6.07) is 11.5. The van der Waals surface area contributed by atoms with E-state index in [2.05, 4.69) is 27.8 Å². The van der Waals surface area contributed by atoms with E-state index in [9.17, 15) is 18.8 Å². The summed E-state index contributed by atoms with van der Waals surface area (Å²) in [6.07, 6.45) is 2.73. The van der Waals surface area contributed by atoms with Crippen LogP contribution in [0, 0.1) is 17.1 Å². The van der Waals surface area contributed by atoms with Crippen molar-refractivity contribution < 1.29 is 18.3 Å². The van der Waals surface area contributed by atoms with Crippen LogP contribution in [0.5, 0.6) is 6.01 Å². The van der Waals surface area contributed by atoms with Crippen molar-refractivity contribution in [1.29, 1.82) is 5.26 Å². The summed E-state index contributed by atoms with van der Waals surface area (Å²) in [5.74, 6) is -0.347. The number of amides is 1. The fourth-order valence-corrected chi connectivity index (χ4v) is 6.88. The number of ether oxygens (including phenoxy) is 1. The van der Waals surface area contributed by atoms with E-state index in [0.29, 0.717) is 56.5 Å². The molecule has 6 rings (SSSR count). The maximum atomic E-state index is 14.5. The van der Waals surface area contributed by atoms with Crippen molar-refractivity contribution in [2.75, 3.05) is 56.2 Å². The lowest BCUT2D eigenvalue weighted by Crippen LogP contribution is -2.57. The number of alkyl halides is 1. The minimum atomic E-state index is -1.63. The number of anilines is 2. The number of halogens is 3. The highest BCUT2D eigenvalue weighted by molar-refractivity contribution is 6.36. The van der Waals surface area contributed by atoms with Crippen LogP contribution in [0.3, 0.4) is 0 Å². The van der Waals surface area contributed by atoms with Gasteiger partial charge in [0, 0.05) is 55.4 Å². The van der Waals surface area contributed by atoms with Crippen molar-refractivity contribution in [1.82, 2.24) is 19.8 Å². The van der Waals surface area contributed by atoms with Gasteiger partial charge in [0.05, 0.1) is 35.8 Å². The fourth-order valence-electron chi connectivity index (χ4n) is 6.61. The van der Waals surface area contributed by atoms with E-state index in [1.165, 1.54) is 37.2 Å². The van der Waals surface area contributed by atoms with Crippen LogP contribution in [0.25, 0.3) is 10.8 Å². The molecule has 9 nitrogen and oxygen atoms in total. The second-order valence-corrected chi connectivity index (χ2v) is 12.6. The molecule has 1 amide bonds. The molecule has 0 N–H and O–H groups in total. The molecule has 0 radical (unpaired) electrons. The summed E-state index contributed by atoms with van der Waals surface area (Å²) >= 11 is 6.48. The van der Waals surface area contributed by atoms with Crippen molar-refractivity contribution in [3.63, 3.8) is 0 Å². The lowest BCUT2D eigenvalue weighted by Gasteiger charge is -2.42. The van der Waals surface area contributed by atoms with Gasteiger partial charge in [0.1, 0.15) is 18.2 Å². The monoisotopic (exact) mass is 637 g/mol. The number of nitrogens with zero attached hydrogens (tertiary/aromatic N) is 7. The van der Waals surface area contributed by atoms with Crippen molar-refractivity contribution >= 4 is 39.8 Å². The van der Waals surface area contributed by atoms with Crippen molar-refractivity contribution in [2.45, 2.75) is 63.8 Å². The van der Waals surface area contributed by atoms with E-state index in [1.54, 1.807) is 6.07 Å². The van der Waals surface area contributed by atoms with Crippen molar-refractivity contribution in [3.05, 3.63) is 52.4 Å². The summed E-state index contributed by atoms with van der Waals surface area (Å²) in [4.78, 5) is 30.4. The first-order valence-electron chi connectivity index (χ1n) is 15.7. The molecule has 0 bridgehead atoms. The molecule has 2 fully saturated rings. The lowest BCUT2D eigenvalue weighted by atomic mass is 9.92. The molecule has 2 atom stereocenters. The molecule has 1 saturated carbocycles. The molecule has 45 heavy (non-hydrogen) atoms. The number of hydrogen-bond acceptors (Lipinski definition) is 8. The predicted octanol–water partition coefficient (Wildman–Crippen LogP) is 5.14. The predicted molar refractivity (Wildman–Crippen MR) is 170 cm³/mol. The highest BCUT2D eigenvalue weighted by atomic mass is 35.5. The van der Waals surface area contributed by atoms with E-state index < -0.39 is 23.9 Å². The van der Waals surface area contributed by atoms with Gasteiger partial charge in [-0.2, -0.15) is 15.2 Å². The smallest absolute Gasteiger partial charge is 0.318 e. The van der Waals surface area contributed by atoms with Gasteiger partial charge in [-0.25, -0.2) is 8.78 Å². The van der Waals surface area contributed by atoms with Crippen LogP contribution >= 0.6 is 11.6 Å². The molecule has 2 unspecified atom stereocenters. The molecule has 1 saturated heterocycles. The van der Waals surface area contributed by atoms with E-state index in [4.69, 9.17) is 26.3 Å². The normalized spacial score (nSPS) is 19.3. The molecule has 0 spiro atoms. The minimum absolute atomic E-state index is 0.0886. The summed E-state index contributed by atoms with van der Waals surface area (Å²) in [5.41, 5.74) is 2.59. The Labute approximate surface area is 267 Å². The Morgan fingerprint density at radius 1 is 1.20 bits per heavy atom. The molecule has 1 aromatic heterocycles. The number of likely N-dealkylation sites (N-methyl/N-ethyl adjacent to an activating group) is 1. The highest BCUT2D eigenvalue weighted by Crippen LogP contribution is 2.38. The van der Waals surface area contributed by atoms with Gasteiger partial charge in [0.15, 0.2) is 6.17 Å². The Morgan fingerprint density at radius 3 is 2.76 bits per heavy atom. The van der Waals surface area contributed by atoms with Gasteiger partial charge < -0.3 is 24.3 Å². The van der Waals surface area contributed by atoms with Crippen molar-refractivity contribution in [3.8, 4) is 12.1 Å². The largest absolute Gasteiger partial charge is 0.462 e. The zero-order chi connectivity index (χ0) is 31.7. The van der Waals surface area contributed by atoms with E-state index in [0.717, 1.165) is 28.9 Å². The maximum Gasteiger partial charge on any atom is 0.318 e. The van der Waals surface area contributed by atoms with Crippen molar-refractivity contribution in [2.24, 2.45) is 0 Å². The van der Waals surface area contributed by atoms with E-state index in [1.807, 2.05) is 18.2 Å². The molecule has 12 heteroatoms. The van der Waals surface area contributed by atoms with Gasteiger partial charge in [0.2, 0.25) is 0 Å². The minimum Gasteiger partial charge on any atom is -0.462 e. The van der Waals surface area contributed by atoms with Gasteiger partial charge in [-0.15, -0.1) is 0 Å². The van der Waals surface area contributed by atoms with E-state index >= 15 is 0 Å². The topological polar surface area (TPSA) is 88.8 Å². The van der Waals surface area contributed by atoms with Gasteiger partial charge in [-0.3, -0.25) is 4.79 Å². The Kier molecular flexibility index (Phi) is 9.24. The molecule has 3 aromatic rings. The molecule has 2 aliphatic heterocycles. The zero-order valence-electron chi connectivity index (χ0n) is 25.7. The standard InChI is InChI=1S/C33H38ClF2N7O2/c1-21(35)32(44)43-16-15-42(19-24(43)11-13-37)31-25-12-14-41(28-8-3-5-22-9-10-26(36)30(34)29(22)28)20-27(25)38-33(39-31)45-18-17-40(2)23-6-4-7-23/h3,5,8-10,21,23-24H,4,6-7,11-12,14-20H2,1-2H3. The number of aromatic nitrogens is 2. The molecule has 3 heterocycles. The van der Waals surface area contributed by atoms with Crippen LogP contribution in [-0.2, 0) is 17.8 Å². The number of benzene rings is 2. The molecule has 3 aliphatic rings. The molecule has 238 valence electrons. The van der Waals surface area contributed by atoms with Gasteiger partial charge in [0.25, 0.3) is 5.91 Å². The third-order valence-electron chi connectivity index (χ3n) is 9.38. The number of fused-ring (bicyclic) bond motifs is 2. The van der Waals surface area contributed by atoms with Crippen LogP contribution in [0.4, 0.5) is 20.3 Å². The number of nitriles is 1. The van der Waals surface area contributed by atoms with Gasteiger partial charge in [-0.05, 0) is 50.8 Å². The summed E-state index contributed by atoms with van der Waals surface area (Å²) in [6.45, 7) is 4.55. The Balaban J connectivity index is 1.31. The first-order chi connectivity index (χ1) is 21.7. The van der Waals surface area contributed by atoms with Gasteiger partial charge >= 0.3 is 6.01 Å². The lowest BCUT2D eigenvalue weighted by molar-refractivity contribution is -0.138. The molecular weight excluding hydrogens is 600 g/mol. The summed E-state index contributed by atoms with van der Waals surface area (Å²) in [7, 11) is 2.11. The third-order valence-corrected chi connectivity index (χ3v) is 9.75. The number of carbonyl (C=O) groups is 1. The second kappa shape index (κ2) is 13.3. The molecular formula is C33H38ClF2N7O2. The van der Waals surface area contributed by atoms with Crippen LogP contribution in [-0.4, -0.2) is 90.3 Å². The Hall–Kier alpha value is -3.75. The van der Waals surface area contributed by atoms with Gasteiger partial charge in [-0.1, -0.05) is 36.2 Å². The Morgan fingerprint density at radius 2 is 2.02 bits per heavy atom. The third kappa shape index (κ3) is 6.36. The van der Waals surface area contributed by atoms with Crippen LogP contribution in [0.1, 0.15) is 43.9 Å². The second-order valence-electron chi connectivity index (χ2n) is 12.2. The van der Waals surface area contributed by atoms with Crippen LogP contribution < -0.4 is 14.5 Å². The summed E-state index contributed by atoms with van der Waals surface area (Å²) in [5, 5.41) is 11.1. The molecule has 1 aliphatic carbocycles. The Bertz CT molecular complexity index is 1610. The number of piperazine rings is 1. The fraction of sp³-hybridized carbons (Fsp3) is 0.515. The average Bonchev–Trinajstić information content (AvgIpc) is 3.01.